The van der Waals surface area contributed by atoms with Crippen LogP contribution in [0.15, 0.2) is 12.1 Å². The van der Waals surface area contributed by atoms with Crippen molar-refractivity contribution in [2.24, 2.45) is 5.73 Å². The van der Waals surface area contributed by atoms with Gasteiger partial charge in [-0.2, -0.15) is 0 Å². The average Bonchev–Trinajstić information content (AvgIpc) is 2.12. The third-order valence-corrected chi connectivity index (χ3v) is 1.90. The van der Waals surface area contributed by atoms with Crippen LogP contribution in [0.25, 0.3) is 0 Å². The molecule has 0 heterocycles. The largest absolute Gasteiger partial charge is 0.507 e. The Bertz CT molecular complexity index is 320. The van der Waals surface area contributed by atoms with E-state index in [0.29, 0.717) is 5.56 Å². The van der Waals surface area contributed by atoms with E-state index >= 15 is 0 Å². The van der Waals surface area contributed by atoms with Crippen LogP contribution in [0, 0.1) is 12.7 Å². The van der Waals surface area contributed by atoms with Gasteiger partial charge in [-0.25, -0.2) is 8.78 Å². The molecule has 0 amide bonds. The Hall–Kier alpha value is -0.870. The molecule has 80 valence electrons. The Morgan fingerprint density at radius 3 is 2.57 bits per heavy atom. The third kappa shape index (κ3) is 2.33. The maximum absolute atomic E-state index is 13.1. The monoisotopic (exact) mass is 223 g/mol. The fourth-order valence-electron chi connectivity index (χ4n) is 1.12. The van der Waals surface area contributed by atoms with Crippen molar-refractivity contribution >= 4 is 12.4 Å². The average molecular weight is 224 g/mol. The molecule has 0 bridgehead atoms. The van der Waals surface area contributed by atoms with Gasteiger partial charge in [0.25, 0.3) is 0 Å². The quantitative estimate of drug-likeness (QED) is 0.808. The molecule has 1 aromatic rings. The van der Waals surface area contributed by atoms with Gasteiger partial charge < -0.3 is 10.8 Å². The minimum atomic E-state index is -1.10. The number of hydrogen-bond donors (Lipinski definition) is 2. The van der Waals surface area contributed by atoms with E-state index < -0.39 is 18.5 Å². The third-order valence-electron chi connectivity index (χ3n) is 1.90. The first kappa shape index (κ1) is 13.1. The first-order valence-corrected chi connectivity index (χ1v) is 3.87. The zero-order chi connectivity index (χ0) is 10.0. The van der Waals surface area contributed by atoms with Gasteiger partial charge in [0.05, 0.1) is 6.04 Å². The van der Waals surface area contributed by atoms with E-state index in [2.05, 4.69) is 0 Å². The van der Waals surface area contributed by atoms with Crippen molar-refractivity contribution in [1.82, 2.24) is 0 Å². The Balaban J connectivity index is 0.00000169. The highest BCUT2D eigenvalue weighted by atomic mass is 35.5. The smallest absolute Gasteiger partial charge is 0.131 e. The number of hydrogen-bond acceptors (Lipinski definition) is 2. The van der Waals surface area contributed by atoms with Gasteiger partial charge in [-0.15, -0.1) is 12.4 Å². The highest BCUT2D eigenvalue weighted by molar-refractivity contribution is 5.85. The number of phenols is 1. The lowest BCUT2D eigenvalue weighted by Gasteiger charge is -2.12. The molecular weight excluding hydrogens is 212 g/mol. The second kappa shape index (κ2) is 5.12. The van der Waals surface area contributed by atoms with Crippen molar-refractivity contribution in [1.29, 1.82) is 0 Å². The number of alkyl halides is 1. The summed E-state index contributed by atoms with van der Waals surface area (Å²) >= 11 is 0. The molecule has 0 radical (unpaired) electrons. The molecule has 3 N–H and O–H groups in total. The minimum Gasteiger partial charge on any atom is -0.507 e. The second-order valence-electron chi connectivity index (χ2n) is 2.89. The first-order chi connectivity index (χ1) is 6.07. The molecule has 0 saturated heterocycles. The van der Waals surface area contributed by atoms with Crippen molar-refractivity contribution in [3.05, 3.63) is 29.1 Å². The molecule has 0 aliphatic heterocycles. The summed E-state index contributed by atoms with van der Waals surface area (Å²) in [5, 5.41) is 9.39. The van der Waals surface area contributed by atoms with Gasteiger partial charge in [0.1, 0.15) is 18.2 Å². The Kier molecular flexibility index (Phi) is 4.80. The van der Waals surface area contributed by atoms with Gasteiger partial charge in [0.2, 0.25) is 0 Å². The summed E-state index contributed by atoms with van der Waals surface area (Å²) < 4.78 is 25.2. The lowest BCUT2D eigenvalue weighted by molar-refractivity contribution is 0.400. The number of halogens is 3. The van der Waals surface area contributed by atoms with Gasteiger partial charge in [-0.05, 0) is 18.6 Å². The standard InChI is InChI=1S/C9H11F2NO.ClH/c1-5-2-3-6(11)8(9(5)13)7(12)4-10;/h2-3,7,13H,4,12H2,1H3;1H/t7-;/m1./s1. The fourth-order valence-corrected chi connectivity index (χ4v) is 1.12. The lowest BCUT2D eigenvalue weighted by Crippen LogP contribution is -2.14. The van der Waals surface area contributed by atoms with Crippen LogP contribution < -0.4 is 5.73 Å². The number of benzene rings is 1. The maximum Gasteiger partial charge on any atom is 0.131 e. The van der Waals surface area contributed by atoms with Crippen LogP contribution in [0.3, 0.4) is 0 Å². The Labute approximate surface area is 87.1 Å². The fraction of sp³-hybridized carbons (Fsp3) is 0.333. The van der Waals surface area contributed by atoms with Crippen molar-refractivity contribution in [3.8, 4) is 5.75 Å². The predicted molar refractivity (Wildman–Crippen MR) is 53.0 cm³/mol. The molecule has 0 aliphatic rings. The molecule has 0 fully saturated rings. The van der Waals surface area contributed by atoms with Crippen LogP contribution in [0.5, 0.6) is 5.75 Å². The van der Waals surface area contributed by atoms with Crippen LogP contribution in [0.4, 0.5) is 8.78 Å². The molecule has 0 saturated carbocycles. The Morgan fingerprint density at radius 1 is 1.50 bits per heavy atom. The summed E-state index contributed by atoms with van der Waals surface area (Å²) in [5.41, 5.74) is 5.63. The van der Waals surface area contributed by atoms with Crippen LogP contribution in [0.1, 0.15) is 17.2 Å². The summed E-state index contributed by atoms with van der Waals surface area (Å²) in [4.78, 5) is 0. The number of phenolic OH excluding ortho intramolecular Hbond substituents is 1. The van der Waals surface area contributed by atoms with Crippen LogP contribution >= 0.6 is 12.4 Å². The lowest BCUT2D eigenvalue weighted by atomic mass is 10.0. The van der Waals surface area contributed by atoms with Gasteiger partial charge in [0.15, 0.2) is 0 Å². The van der Waals surface area contributed by atoms with Crippen molar-refractivity contribution in [2.75, 3.05) is 6.67 Å². The molecule has 2 nitrogen and oxygen atoms in total. The summed E-state index contributed by atoms with van der Waals surface area (Å²) in [6.07, 6.45) is 0. The number of nitrogens with two attached hydrogens (primary N) is 1. The number of rotatable bonds is 2. The number of aromatic hydroxyl groups is 1. The summed E-state index contributed by atoms with van der Waals surface area (Å²) in [5.74, 6) is -0.932. The van der Waals surface area contributed by atoms with Gasteiger partial charge >= 0.3 is 0 Å². The summed E-state index contributed by atoms with van der Waals surface area (Å²) in [7, 11) is 0. The number of aryl methyl sites for hydroxylation is 1. The minimum absolute atomic E-state index is 0. The summed E-state index contributed by atoms with van der Waals surface area (Å²) in [6.45, 7) is 0.706. The molecule has 5 heteroatoms. The Morgan fingerprint density at radius 2 is 2.07 bits per heavy atom. The van der Waals surface area contributed by atoms with E-state index in [1.54, 1.807) is 6.92 Å². The maximum atomic E-state index is 13.1. The topological polar surface area (TPSA) is 46.2 Å². The molecular formula is C9H12ClF2NO. The predicted octanol–water partition coefficient (Wildman–Crippen LogP) is 2.23. The van der Waals surface area contributed by atoms with E-state index in [4.69, 9.17) is 5.73 Å². The molecule has 1 rings (SSSR count). The molecule has 1 atom stereocenters. The van der Waals surface area contributed by atoms with Gasteiger partial charge in [-0.1, -0.05) is 6.07 Å². The summed E-state index contributed by atoms with van der Waals surface area (Å²) in [6, 6.07) is 1.49. The normalized spacial score (nSPS) is 12.0. The molecule has 0 aromatic heterocycles. The van der Waals surface area contributed by atoms with E-state index in [-0.39, 0.29) is 23.7 Å². The van der Waals surface area contributed by atoms with Gasteiger partial charge in [-0.3, -0.25) is 0 Å². The van der Waals surface area contributed by atoms with Crippen molar-refractivity contribution < 1.29 is 13.9 Å². The highest BCUT2D eigenvalue weighted by Gasteiger charge is 2.17. The molecule has 0 unspecified atom stereocenters. The van der Waals surface area contributed by atoms with Crippen LogP contribution in [-0.2, 0) is 0 Å². The molecule has 0 aliphatic carbocycles. The molecule has 1 aromatic carbocycles. The van der Waals surface area contributed by atoms with Crippen LogP contribution in [-0.4, -0.2) is 11.8 Å². The molecule has 0 spiro atoms. The van der Waals surface area contributed by atoms with Crippen LogP contribution in [0.2, 0.25) is 0 Å². The second-order valence-corrected chi connectivity index (χ2v) is 2.89. The van der Waals surface area contributed by atoms with E-state index in [1.807, 2.05) is 0 Å². The zero-order valence-electron chi connectivity index (χ0n) is 7.63. The molecule has 14 heavy (non-hydrogen) atoms. The SMILES string of the molecule is Cc1ccc(F)c([C@H](N)CF)c1O.Cl. The zero-order valence-corrected chi connectivity index (χ0v) is 8.44. The van der Waals surface area contributed by atoms with Crippen molar-refractivity contribution in [2.45, 2.75) is 13.0 Å². The van der Waals surface area contributed by atoms with E-state index in [9.17, 15) is 13.9 Å². The van der Waals surface area contributed by atoms with Gasteiger partial charge in [0, 0.05) is 5.56 Å². The first-order valence-electron chi connectivity index (χ1n) is 3.87. The van der Waals surface area contributed by atoms with E-state index in [1.165, 1.54) is 12.1 Å². The highest BCUT2D eigenvalue weighted by Crippen LogP contribution is 2.29. The van der Waals surface area contributed by atoms with E-state index in [0.717, 1.165) is 0 Å². The van der Waals surface area contributed by atoms with Crippen molar-refractivity contribution in [3.63, 3.8) is 0 Å².